The SMILES string of the molecule is CCCC=CC1CCC(C2CCC(c3ccc(COCCCC)cc3)CC2)CC1. The van der Waals surface area contributed by atoms with Crippen LogP contribution in [0.5, 0.6) is 0 Å². The van der Waals surface area contributed by atoms with Crippen LogP contribution in [0.25, 0.3) is 0 Å². The van der Waals surface area contributed by atoms with Gasteiger partial charge in [0.1, 0.15) is 0 Å². The van der Waals surface area contributed by atoms with Crippen molar-refractivity contribution in [1.29, 1.82) is 0 Å². The molecule has 0 spiro atoms. The van der Waals surface area contributed by atoms with E-state index in [1.807, 2.05) is 0 Å². The van der Waals surface area contributed by atoms with E-state index >= 15 is 0 Å². The predicted octanol–water partition coefficient (Wildman–Crippen LogP) is 8.44. The molecule has 0 atom stereocenters. The zero-order valence-electron chi connectivity index (χ0n) is 19.1. The largest absolute Gasteiger partial charge is 0.377 e. The Morgan fingerprint density at radius 1 is 0.828 bits per heavy atom. The first-order valence-electron chi connectivity index (χ1n) is 12.6. The number of ether oxygens (including phenoxy) is 1. The summed E-state index contributed by atoms with van der Waals surface area (Å²) in [5.74, 6) is 3.67. The van der Waals surface area contributed by atoms with Crippen molar-refractivity contribution >= 4 is 0 Å². The predicted molar refractivity (Wildman–Crippen MR) is 125 cm³/mol. The van der Waals surface area contributed by atoms with E-state index in [1.54, 1.807) is 5.56 Å². The quantitative estimate of drug-likeness (QED) is 0.285. The fourth-order valence-electron chi connectivity index (χ4n) is 5.51. The summed E-state index contributed by atoms with van der Waals surface area (Å²) in [4.78, 5) is 0. The van der Waals surface area contributed by atoms with Crippen molar-refractivity contribution in [1.82, 2.24) is 0 Å². The summed E-state index contributed by atoms with van der Waals surface area (Å²) in [6, 6.07) is 9.33. The summed E-state index contributed by atoms with van der Waals surface area (Å²) in [6.45, 7) is 6.14. The minimum absolute atomic E-state index is 0.767. The van der Waals surface area contributed by atoms with Crippen LogP contribution >= 0.6 is 0 Å². The van der Waals surface area contributed by atoms with Gasteiger partial charge in [0.2, 0.25) is 0 Å². The molecular formula is C28H44O. The second-order valence-corrected chi connectivity index (χ2v) is 9.65. The fraction of sp³-hybridized carbons (Fsp3) is 0.714. The molecule has 2 fully saturated rings. The third-order valence-corrected chi connectivity index (χ3v) is 7.48. The Hall–Kier alpha value is -1.08. The lowest BCUT2D eigenvalue weighted by Gasteiger charge is -2.37. The van der Waals surface area contributed by atoms with Gasteiger partial charge in [0.25, 0.3) is 0 Å². The first kappa shape index (κ1) is 22.6. The lowest BCUT2D eigenvalue weighted by atomic mass is 9.68. The average molecular weight is 397 g/mol. The average Bonchev–Trinajstić information content (AvgIpc) is 2.78. The van der Waals surface area contributed by atoms with Crippen LogP contribution in [-0.2, 0) is 11.3 Å². The summed E-state index contributed by atoms with van der Waals surface area (Å²) in [6.07, 6.45) is 21.4. The molecule has 3 rings (SSSR count). The maximum absolute atomic E-state index is 5.76. The number of unbranched alkanes of at least 4 members (excludes halogenated alkanes) is 2. The normalized spacial score (nSPS) is 28.1. The van der Waals surface area contributed by atoms with Crippen LogP contribution in [0.4, 0.5) is 0 Å². The Morgan fingerprint density at radius 3 is 2.10 bits per heavy atom. The number of hydrogen-bond donors (Lipinski definition) is 0. The highest BCUT2D eigenvalue weighted by molar-refractivity contribution is 5.25. The van der Waals surface area contributed by atoms with E-state index in [9.17, 15) is 0 Å². The molecule has 1 heteroatoms. The van der Waals surface area contributed by atoms with E-state index in [2.05, 4.69) is 50.3 Å². The number of rotatable bonds is 10. The number of allylic oxidation sites excluding steroid dienone is 2. The molecule has 29 heavy (non-hydrogen) atoms. The van der Waals surface area contributed by atoms with Crippen molar-refractivity contribution in [2.24, 2.45) is 17.8 Å². The highest BCUT2D eigenvalue weighted by atomic mass is 16.5. The van der Waals surface area contributed by atoms with Gasteiger partial charge in [0, 0.05) is 6.61 Å². The molecule has 1 aromatic rings. The summed E-state index contributed by atoms with van der Waals surface area (Å²) in [5.41, 5.74) is 2.88. The van der Waals surface area contributed by atoms with Crippen LogP contribution in [0.1, 0.15) is 108 Å². The van der Waals surface area contributed by atoms with Gasteiger partial charge in [-0.25, -0.2) is 0 Å². The van der Waals surface area contributed by atoms with Crippen molar-refractivity contribution in [3.05, 3.63) is 47.5 Å². The molecule has 0 heterocycles. The first-order valence-corrected chi connectivity index (χ1v) is 12.6. The van der Waals surface area contributed by atoms with Gasteiger partial charge in [-0.2, -0.15) is 0 Å². The molecule has 2 aliphatic rings. The maximum Gasteiger partial charge on any atom is 0.0716 e. The zero-order chi connectivity index (χ0) is 20.3. The monoisotopic (exact) mass is 396 g/mol. The second kappa shape index (κ2) is 12.6. The molecule has 0 N–H and O–H groups in total. The van der Waals surface area contributed by atoms with E-state index in [-0.39, 0.29) is 0 Å². The van der Waals surface area contributed by atoms with Crippen LogP contribution in [0.15, 0.2) is 36.4 Å². The second-order valence-electron chi connectivity index (χ2n) is 9.65. The highest BCUT2D eigenvalue weighted by Gasteiger charge is 2.30. The maximum atomic E-state index is 5.76. The molecule has 0 saturated heterocycles. The molecule has 0 bridgehead atoms. The topological polar surface area (TPSA) is 9.23 Å². The van der Waals surface area contributed by atoms with Crippen LogP contribution in [-0.4, -0.2) is 6.61 Å². The van der Waals surface area contributed by atoms with Crippen molar-refractivity contribution < 1.29 is 4.74 Å². The van der Waals surface area contributed by atoms with Gasteiger partial charge in [0.05, 0.1) is 6.61 Å². The highest BCUT2D eigenvalue weighted by Crippen LogP contribution is 2.44. The molecular weight excluding hydrogens is 352 g/mol. The van der Waals surface area contributed by atoms with Gasteiger partial charge in [-0.3, -0.25) is 0 Å². The zero-order valence-corrected chi connectivity index (χ0v) is 19.1. The van der Waals surface area contributed by atoms with E-state index in [0.29, 0.717) is 0 Å². The Kier molecular flexibility index (Phi) is 9.80. The molecule has 1 nitrogen and oxygen atoms in total. The number of benzene rings is 1. The van der Waals surface area contributed by atoms with Crippen molar-refractivity contribution in [2.45, 2.75) is 103 Å². The smallest absolute Gasteiger partial charge is 0.0716 e. The van der Waals surface area contributed by atoms with Crippen LogP contribution < -0.4 is 0 Å². The summed E-state index contributed by atoms with van der Waals surface area (Å²) in [7, 11) is 0. The Bertz CT molecular complexity index is 571. The molecule has 0 aromatic heterocycles. The van der Waals surface area contributed by atoms with E-state index < -0.39 is 0 Å². The third kappa shape index (κ3) is 7.28. The molecule has 1 aromatic carbocycles. The molecule has 0 radical (unpaired) electrons. The van der Waals surface area contributed by atoms with E-state index in [4.69, 9.17) is 4.74 Å². The Morgan fingerprint density at radius 2 is 1.48 bits per heavy atom. The lowest BCUT2D eigenvalue weighted by Crippen LogP contribution is -2.25. The van der Waals surface area contributed by atoms with Crippen LogP contribution in [0.2, 0.25) is 0 Å². The van der Waals surface area contributed by atoms with Gasteiger partial charge in [-0.1, -0.05) is 63.1 Å². The van der Waals surface area contributed by atoms with Gasteiger partial charge < -0.3 is 4.74 Å². The summed E-state index contributed by atoms with van der Waals surface area (Å²) >= 11 is 0. The van der Waals surface area contributed by atoms with Gasteiger partial charge >= 0.3 is 0 Å². The molecule has 2 saturated carbocycles. The molecule has 0 unspecified atom stereocenters. The number of hydrogen-bond acceptors (Lipinski definition) is 1. The summed E-state index contributed by atoms with van der Waals surface area (Å²) in [5, 5.41) is 0. The minimum atomic E-state index is 0.767. The Labute approximate surface area is 180 Å². The van der Waals surface area contributed by atoms with Crippen molar-refractivity contribution in [3.63, 3.8) is 0 Å². The standard InChI is InChI=1S/C28H44O/c1-3-5-7-8-23-9-13-25(14-10-23)27-17-19-28(20-18-27)26-15-11-24(12-16-26)22-29-21-6-4-2/h7-8,11-12,15-16,23,25,27-28H,3-6,9-10,13-14,17-22H2,1-2H3. The van der Waals surface area contributed by atoms with Crippen LogP contribution in [0, 0.1) is 17.8 Å². The third-order valence-electron chi connectivity index (χ3n) is 7.48. The van der Waals surface area contributed by atoms with Gasteiger partial charge in [-0.05, 0) is 99.0 Å². The van der Waals surface area contributed by atoms with Crippen LogP contribution in [0.3, 0.4) is 0 Å². The molecule has 162 valence electrons. The van der Waals surface area contributed by atoms with Gasteiger partial charge in [0.15, 0.2) is 0 Å². The summed E-state index contributed by atoms with van der Waals surface area (Å²) < 4.78 is 5.76. The van der Waals surface area contributed by atoms with E-state index in [0.717, 1.165) is 36.9 Å². The fourth-order valence-corrected chi connectivity index (χ4v) is 5.51. The van der Waals surface area contributed by atoms with Crippen molar-refractivity contribution in [2.75, 3.05) is 6.61 Å². The minimum Gasteiger partial charge on any atom is -0.377 e. The Balaban J connectivity index is 1.38. The van der Waals surface area contributed by atoms with E-state index in [1.165, 1.54) is 82.6 Å². The molecule has 0 amide bonds. The first-order chi connectivity index (χ1) is 14.3. The lowest BCUT2D eigenvalue weighted by molar-refractivity contribution is 0.118. The van der Waals surface area contributed by atoms with Crippen molar-refractivity contribution in [3.8, 4) is 0 Å². The molecule has 0 aliphatic heterocycles. The van der Waals surface area contributed by atoms with Gasteiger partial charge in [-0.15, -0.1) is 0 Å². The molecule has 2 aliphatic carbocycles.